The molecule has 7 nitrogen and oxygen atoms in total. The van der Waals surface area contributed by atoms with E-state index in [-0.39, 0.29) is 17.6 Å². The summed E-state index contributed by atoms with van der Waals surface area (Å²) in [5, 5.41) is 16.6. The molecule has 3 heterocycles. The lowest BCUT2D eigenvalue weighted by atomic mass is 9.87. The summed E-state index contributed by atoms with van der Waals surface area (Å²) in [5.41, 5.74) is 3.45. The van der Waals surface area contributed by atoms with Crippen molar-refractivity contribution in [2.24, 2.45) is 5.92 Å². The highest BCUT2D eigenvalue weighted by Gasteiger charge is 2.29. The van der Waals surface area contributed by atoms with Gasteiger partial charge < -0.3 is 28.9 Å². The van der Waals surface area contributed by atoms with Gasteiger partial charge in [0.25, 0.3) is 0 Å². The van der Waals surface area contributed by atoms with Crippen molar-refractivity contribution in [2.45, 2.75) is 69.8 Å². The van der Waals surface area contributed by atoms with E-state index in [1.165, 1.54) is 24.3 Å². The van der Waals surface area contributed by atoms with E-state index >= 15 is 0 Å². The van der Waals surface area contributed by atoms with Crippen LogP contribution in [-0.4, -0.2) is 73.0 Å². The number of piperidine rings is 2. The number of nitrogens with zero attached hydrogens (tertiary/aromatic N) is 3. The van der Waals surface area contributed by atoms with E-state index in [1.807, 2.05) is 30.3 Å². The van der Waals surface area contributed by atoms with Crippen LogP contribution in [0.15, 0.2) is 65.2 Å². The molecule has 48 heavy (non-hydrogen) atoms. The van der Waals surface area contributed by atoms with E-state index in [1.54, 1.807) is 13.2 Å². The van der Waals surface area contributed by atoms with E-state index in [2.05, 4.69) is 15.0 Å². The first-order chi connectivity index (χ1) is 23.5. The summed E-state index contributed by atoms with van der Waals surface area (Å²) < 4.78 is 44.0. The number of methoxy groups -OCH3 is 1. The van der Waals surface area contributed by atoms with Crippen molar-refractivity contribution in [2.75, 3.05) is 53.0 Å². The maximum atomic E-state index is 13.5. The van der Waals surface area contributed by atoms with Crippen molar-refractivity contribution in [1.29, 1.82) is 0 Å². The molecule has 0 radical (unpaired) electrons. The molecule has 258 valence electrons. The van der Waals surface area contributed by atoms with Gasteiger partial charge in [-0.05, 0) is 119 Å². The Labute approximate surface area is 282 Å². The Hall–Kier alpha value is -3.53. The number of benzene rings is 3. The average molecular weight is 662 g/mol. The largest absolute Gasteiger partial charge is 0.492 e. The number of hydrogen-bond donors (Lipinski definition) is 1. The molecular formula is C39H49F2N3O4. The number of para-hydroxylation sites is 1. The van der Waals surface area contributed by atoms with Crippen LogP contribution in [0.3, 0.4) is 0 Å². The number of fused-ring (bicyclic) bond motifs is 1. The molecule has 0 amide bonds. The Balaban J connectivity index is 0.873. The zero-order chi connectivity index (χ0) is 33.3. The van der Waals surface area contributed by atoms with Crippen LogP contribution in [0, 0.1) is 17.6 Å². The molecule has 6 rings (SSSR count). The van der Waals surface area contributed by atoms with Gasteiger partial charge in [-0.25, -0.2) is 8.78 Å². The molecule has 2 aliphatic rings. The van der Waals surface area contributed by atoms with Crippen molar-refractivity contribution >= 4 is 11.0 Å². The number of aliphatic hydroxyl groups excluding tert-OH is 1. The van der Waals surface area contributed by atoms with Gasteiger partial charge in [0, 0.05) is 29.5 Å². The van der Waals surface area contributed by atoms with E-state index in [0.717, 1.165) is 119 Å². The van der Waals surface area contributed by atoms with Crippen LogP contribution in [0.1, 0.15) is 80.2 Å². The number of halogens is 2. The minimum Gasteiger partial charge on any atom is -0.492 e. The molecule has 1 atom stereocenters. The first-order valence-corrected chi connectivity index (χ1v) is 17.7. The quantitative estimate of drug-likeness (QED) is 0.130. The van der Waals surface area contributed by atoms with Gasteiger partial charge in [-0.15, -0.1) is 0 Å². The molecule has 1 N–H and O–H groups in total. The number of hydrogen-bond acceptors (Lipinski definition) is 7. The van der Waals surface area contributed by atoms with Gasteiger partial charge in [-0.3, -0.25) is 0 Å². The lowest BCUT2D eigenvalue weighted by molar-refractivity contribution is 0.0572. The summed E-state index contributed by atoms with van der Waals surface area (Å²) in [5.74, 6) is 1.36. The Morgan fingerprint density at radius 3 is 2.33 bits per heavy atom. The van der Waals surface area contributed by atoms with Gasteiger partial charge in [0.05, 0.1) is 25.5 Å². The van der Waals surface area contributed by atoms with E-state index in [4.69, 9.17) is 14.0 Å². The second-order valence-corrected chi connectivity index (χ2v) is 13.5. The Bertz CT molecular complexity index is 1580. The van der Waals surface area contributed by atoms with Gasteiger partial charge in [0.15, 0.2) is 17.1 Å². The van der Waals surface area contributed by atoms with Crippen LogP contribution in [0.5, 0.6) is 11.5 Å². The molecule has 3 aromatic carbocycles. The van der Waals surface area contributed by atoms with Crippen molar-refractivity contribution < 1.29 is 27.9 Å². The molecule has 2 fully saturated rings. The van der Waals surface area contributed by atoms with E-state index in [0.29, 0.717) is 29.6 Å². The molecule has 1 unspecified atom stereocenters. The standard InChI is InChI=1S/C39H49F2N3O4/c1-46-39-34(38(45)30-18-24-44(25-19-30)21-15-28-9-11-31(40)12-10-28)7-6-8-35(39)47-26-5-3-2-4-20-43-22-16-29(17-23-43)37-33-14-13-32(41)27-36(33)48-42-37/h6-14,27,29-30,38,45H,2-5,15-26H2,1H3. The third-order valence-corrected chi connectivity index (χ3v) is 10.3. The van der Waals surface area contributed by atoms with Gasteiger partial charge in [-0.1, -0.05) is 42.3 Å². The van der Waals surface area contributed by atoms with Crippen LogP contribution in [0.25, 0.3) is 11.0 Å². The first-order valence-electron chi connectivity index (χ1n) is 17.7. The monoisotopic (exact) mass is 661 g/mol. The highest BCUT2D eigenvalue weighted by Crippen LogP contribution is 2.40. The van der Waals surface area contributed by atoms with Crippen molar-refractivity contribution in [3.05, 3.63) is 89.1 Å². The number of ether oxygens (including phenoxy) is 2. The lowest BCUT2D eigenvalue weighted by Crippen LogP contribution is -2.36. The van der Waals surface area contributed by atoms with Crippen LogP contribution in [-0.2, 0) is 6.42 Å². The van der Waals surface area contributed by atoms with Crippen LogP contribution >= 0.6 is 0 Å². The van der Waals surface area contributed by atoms with Gasteiger partial charge in [-0.2, -0.15) is 0 Å². The number of aromatic nitrogens is 1. The fraction of sp³-hybridized carbons (Fsp3) is 0.513. The molecule has 9 heteroatoms. The highest BCUT2D eigenvalue weighted by molar-refractivity contribution is 5.79. The second kappa shape index (κ2) is 16.7. The van der Waals surface area contributed by atoms with Crippen molar-refractivity contribution in [3.8, 4) is 11.5 Å². The second-order valence-electron chi connectivity index (χ2n) is 13.5. The number of likely N-dealkylation sites (tertiary alicyclic amines) is 2. The Morgan fingerprint density at radius 2 is 1.56 bits per heavy atom. The highest BCUT2D eigenvalue weighted by atomic mass is 19.1. The molecule has 0 saturated carbocycles. The molecule has 0 bridgehead atoms. The normalized spacial score (nSPS) is 17.6. The fourth-order valence-corrected chi connectivity index (χ4v) is 7.41. The summed E-state index contributed by atoms with van der Waals surface area (Å²) in [4.78, 5) is 4.96. The molecular weight excluding hydrogens is 612 g/mol. The summed E-state index contributed by atoms with van der Waals surface area (Å²) in [6, 6.07) is 17.3. The van der Waals surface area contributed by atoms with Crippen LogP contribution < -0.4 is 9.47 Å². The molecule has 4 aromatic rings. The molecule has 2 aliphatic heterocycles. The number of unbranched alkanes of at least 4 members (excludes halogenated alkanes) is 3. The predicted octanol–water partition coefficient (Wildman–Crippen LogP) is 7.92. The summed E-state index contributed by atoms with van der Waals surface area (Å²) in [7, 11) is 1.65. The zero-order valence-corrected chi connectivity index (χ0v) is 28.1. The van der Waals surface area contributed by atoms with Crippen LogP contribution in [0.2, 0.25) is 0 Å². The fourth-order valence-electron chi connectivity index (χ4n) is 7.41. The third kappa shape index (κ3) is 8.73. The van der Waals surface area contributed by atoms with Gasteiger partial charge in [0.1, 0.15) is 11.6 Å². The SMILES string of the molecule is COc1c(OCCCCCCN2CCC(c3noc4cc(F)ccc34)CC2)cccc1C(O)C1CCN(CCc2ccc(F)cc2)CC1. The molecule has 0 aliphatic carbocycles. The zero-order valence-electron chi connectivity index (χ0n) is 28.1. The van der Waals surface area contributed by atoms with Crippen LogP contribution in [0.4, 0.5) is 8.78 Å². The molecule has 2 saturated heterocycles. The van der Waals surface area contributed by atoms with Gasteiger partial charge >= 0.3 is 0 Å². The lowest BCUT2D eigenvalue weighted by Gasteiger charge is -2.34. The topological polar surface area (TPSA) is 71.2 Å². The molecule has 0 spiro atoms. The molecule has 1 aromatic heterocycles. The minimum atomic E-state index is -0.604. The summed E-state index contributed by atoms with van der Waals surface area (Å²) in [6.07, 6.45) is 8.59. The number of rotatable bonds is 15. The average Bonchev–Trinajstić information content (AvgIpc) is 3.54. The summed E-state index contributed by atoms with van der Waals surface area (Å²) >= 11 is 0. The van der Waals surface area contributed by atoms with E-state index < -0.39 is 6.10 Å². The maximum Gasteiger partial charge on any atom is 0.170 e. The smallest absolute Gasteiger partial charge is 0.170 e. The summed E-state index contributed by atoms with van der Waals surface area (Å²) in [6.45, 7) is 6.60. The number of aliphatic hydroxyl groups is 1. The van der Waals surface area contributed by atoms with Crippen molar-refractivity contribution in [3.63, 3.8) is 0 Å². The Kier molecular flexibility index (Phi) is 12.0. The predicted molar refractivity (Wildman–Crippen MR) is 184 cm³/mol. The minimum absolute atomic E-state index is 0.162. The van der Waals surface area contributed by atoms with Gasteiger partial charge in [0.2, 0.25) is 0 Å². The Morgan fingerprint density at radius 1 is 0.854 bits per heavy atom. The van der Waals surface area contributed by atoms with E-state index in [9.17, 15) is 13.9 Å². The maximum absolute atomic E-state index is 13.5. The third-order valence-electron chi connectivity index (χ3n) is 10.3. The first kappa shape index (κ1) is 34.3. The van der Waals surface area contributed by atoms with Crippen molar-refractivity contribution in [1.82, 2.24) is 15.0 Å².